The van der Waals surface area contributed by atoms with Gasteiger partial charge in [0.1, 0.15) is 0 Å². The summed E-state index contributed by atoms with van der Waals surface area (Å²) in [5, 5.41) is 4.82. The first kappa shape index (κ1) is 12.8. The minimum atomic E-state index is -0.927. The molecule has 0 saturated carbocycles. The Morgan fingerprint density at radius 2 is 1.93 bits per heavy atom. The fraction of sp³-hybridized carbons (Fsp3) is 0.625. The number of nitrogens with two attached hydrogens (primary N) is 1. The van der Waals surface area contributed by atoms with Crippen LogP contribution >= 0.6 is 12.2 Å². The fourth-order valence-electron chi connectivity index (χ4n) is 0.582. The van der Waals surface area contributed by atoms with E-state index in [0.717, 1.165) is 0 Å². The third kappa shape index (κ3) is 3.29. The predicted octanol–water partition coefficient (Wildman–Crippen LogP) is -0.839. The van der Waals surface area contributed by atoms with Crippen molar-refractivity contribution in [3.63, 3.8) is 0 Å². The van der Waals surface area contributed by atoms with Crippen molar-refractivity contribution in [2.45, 2.75) is 13.8 Å². The topological polar surface area (TPSA) is 84.2 Å². The van der Waals surface area contributed by atoms with Gasteiger partial charge in [-0.3, -0.25) is 9.59 Å². The summed E-state index contributed by atoms with van der Waals surface area (Å²) < 4.78 is 0. The molecule has 2 amide bonds. The molecule has 80 valence electrons. The number of carbonyl (C=O) groups is 2. The zero-order valence-electron chi connectivity index (χ0n) is 8.51. The molecule has 0 aliphatic heterocycles. The normalized spacial score (nSPS) is 10.5. The minimum Gasteiger partial charge on any atom is -0.392 e. The van der Waals surface area contributed by atoms with Gasteiger partial charge in [0.05, 0.1) is 16.9 Å². The molecule has 0 aromatic rings. The molecule has 0 fully saturated rings. The van der Waals surface area contributed by atoms with Crippen LogP contribution in [-0.2, 0) is 9.59 Å². The van der Waals surface area contributed by atoms with Gasteiger partial charge >= 0.3 is 0 Å². The third-order valence-corrected chi connectivity index (χ3v) is 2.38. The van der Waals surface area contributed by atoms with Crippen molar-refractivity contribution in [1.29, 1.82) is 0 Å². The quantitative estimate of drug-likeness (QED) is 0.536. The van der Waals surface area contributed by atoms with E-state index in [1.54, 1.807) is 13.8 Å². The fourth-order valence-corrected chi connectivity index (χ4v) is 0.675. The van der Waals surface area contributed by atoms with E-state index in [9.17, 15) is 9.59 Å². The first-order chi connectivity index (χ1) is 6.32. The van der Waals surface area contributed by atoms with Crippen LogP contribution in [0.1, 0.15) is 13.8 Å². The molecule has 6 heteroatoms. The Hall–Kier alpha value is -1.17. The van der Waals surface area contributed by atoms with Crippen LogP contribution < -0.4 is 16.4 Å². The zero-order valence-corrected chi connectivity index (χ0v) is 9.33. The van der Waals surface area contributed by atoms with Gasteiger partial charge in [-0.25, -0.2) is 0 Å². The number of hydrogen-bond acceptors (Lipinski definition) is 3. The largest absolute Gasteiger partial charge is 0.392 e. The van der Waals surface area contributed by atoms with E-state index in [1.165, 1.54) is 7.05 Å². The highest BCUT2D eigenvalue weighted by Crippen LogP contribution is 2.14. The maximum Gasteiger partial charge on any atom is 0.239 e. The van der Waals surface area contributed by atoms with Crippen LogP contribution in [0.25, 0.3) is 0 Å². The van der Waals surface area contributed by atoms with E-state index in [0.29, 0.717) is 0 Å². The van der Waals surface area contributed by atoms with E-state index in [2.05, 4.69) is 10.6 Å². The second-order valence-corrected chi connectivity index (χ2v) is 3.78. The van der Waals surface area contributed by atoms with Gasteiger partial charge in [-0.1, -0.05) is 12.2 Å². The summed E-state index contributed by atoms with van der Waals surface area (Å²) in [6.07, 6.45) is 0. The van der Waals surface area contributed by atoms with Crippen molar-refractivity contribution in [2.75, 3.05) is 13.6 Å². The van der Waals surface area contributed by atoms with Gasteiger partial charge in [0, 0.05) is 7.05 Å². The highest BCUT2D eigenvalue weighted by molar-refractivity contribution is 7.80. The van der Waals surface area contributed by atoms with Gasteiger partial charge in [0.25, 0.3) is 0 Å². The molecule has 0 radical (unpaired) electrons. The van der Waals surface area contributed by atoms with Crippen molar-refractivity contribution in [1.82, 2.24) is 10.6 Å². The molecule has 0 unspecified atom stereocenters. The van der Waals surface area contributed by atoms with Gasteiger partial charge in [0.2, 0.25) is 11.8 Å². The number of thiocarbonyl (C=S) groups is 1. The summed E-state index contributed by atoms with van der Waals surface area (Å²) in [6, 6.07) is 0. The molecule has 0 rings (SSSR count). The van der Waals surface area contributed by atoms with Crippen molar-refractivity contribution >= 4 is 29.0 Å². The Morgan fingerprint density at radius 3 is 2.29 bits per heavy atom. The van der Waals surface area contributed by atoms with Crippen LogP contribution in [0.5, 0.6) is 0 Å². The van der Waals surface area contributed by atoms with Crippen LogP contribution in [0.3, 0.4) is 0 Å². The second-order valence-electron chi connectivity index (χ2n) is 3.35. The van der Waals surface area contributed by atoms with Crippen molar-refractivity contribution in [2.24, 2.45) is 11.1 Å². The Bertz CT molecular complexity index is 263. The van der Waals surface area contributed by atoms with Crippen molar-refractivity contribution < 1.29 is 9.59 Å². The van der Waals surface area contributed by atoms with Crippen LogP contribution in [0.15, 0.2) is 0 Å². The average molecular weight is 217 g/mol. The first-order valence-corrected chi connectivity index (χ1v) is 4.52. The van der Waals surface area contributed by atoms with E-state index in [1.807, 2.05) is 0 Å². The van der Waals surface area contributed by atoms with Crippen LogP contribution in [0.2, 0.25) is 0 Å². The summed E-state index contributed by atoms with van der Waals surface area (Å²) in [5.74, 6) is -0.620. The number of nitrogens with one attached hydrogen (secondary N) is 2. The molecule has 0 aliphatic rings. The Morgan fingerprint density at radius 1 is 1.43 bits per heavy atom. The number of likely N-dealkylation sites (N-methyl/N-ethyl adjacent to an activating group) is 1. The van der Waals surface area contributed by atoms with Gasteiger partial charge < -0.3 is 16.4 Å². The molecule has 0 heterocycles. The zero-order chi connectivity index (χ0) is 11.4. The molecule has 0 aromatic carbocycles. The smallest absolute Gasteiger partial charge is 0.239 e. The van der Waals surface area contributed by atoms with E-state index in [-0.39, 0.29) is 23.3 Å². The number of amides is 2. The lowest BCUT2D eigenvalue weighted by atomic mass is 9.92. The van der Waals surface area contributed by atoms with E-state index in [4.69, 9.17) is 18.0 Å². The number of hydrogen-bond donors (Lipinski definition) is 3. The molecule has 0 spiro atoms. The lowest BCUT2D eigenvalue weighted by Gasteiger charge is -2.21. The molecule has 0 aliphatic carbocycles. The summed E-state index contributed by atoms with van der Waals surface area (Å²) in [7, 11) is 1.49. The molecule has 5 nitrogen and oxygen atoms in total. The molecular weight excluding hydrogens is 202 g/mol. The Balaban J connectivity index is 4.22. The number of carbonyl (C=O) groups excluding carboxylic acids is 2. The van der Waals surface area contributed by atoms with Crippen LogP contribution in [0, 0.1) is 5.41 Å². The van der Waals surface area contributed by atoms with Gasteiger partial charge in [-0.2, -0.15) is 0 Å². The summed E-state index contributed by atoms with van der Waals surface area (Å²) in [4.78, 5) is 22.4. The molecule has 14 heavy (non-hydrogen) atoms. The Labute approximate surface area is 88.4 Å². The van der Waals surface area contributed by atoms with Crippen LogP contribution in [0.4, 0.5) is 0 Å². The molecule has 0 bridgehead atoms. The van der Waals surface area contributed by atoms with E-state index < -0.39 is 5.41 Å². The molecular formula is C8H15N3O2S. The summed E-state index contributed by atoms with van der Waals surface area (Å²) in [6.45, 7) is 3.14. The lowest BCUT2D eigenvalue weighted by Crippen LogP contribution is -2.47. The van der Waals surface area contributed by atoms with Crippen molar-refractivity contribution in [3.8, 4) is 0 Å². The molecule has 0 atom stereocenters. The third-order valence-electron chi connectivity index (χ3n) is 1.87. The summed E-state index contributed by atoms with van der Waals surface area (Å²) in [5.41, 5.74) is 4.45. The first-order valence-electron chi connectivity index (χ1n) is 4.11. The van der Waals surface area contributed by atoms with Gasteiger partial charge in [-0.05, 0) is 13.8 Å². The molecule has 0 saturated heterocycles. The van der Waals surface area contributed by atoms with Gasteiger partial charge in [0.15, 0.2) is 0 Å². The molecule has 0 aromatic heterocycles. The molecule has 4 N–H and O–H groups in total. The lowest BCUT2D eigenvalue weighted by molar-refractivity contribution is -0.129. The highest BCUT2D eigenvalue weighted by Gasteiger charge is 2.30. The average Bonchev–Trinajstić information content (AvgIpc) is 2.12. The maximum absolute atomic E-state index is 11.5. The predicted molar refractivity (Wildman–Crippen MR) is 57.6 cm³/mol. The maximum atomic E-state index is 11.5. The van der Waals surface area contributed by atoms with Crippen LogP contribution in [-0.4, -0.2) is 30.4 Å². The summed E-state index contributed by atoms with van der Waals surface area (Å²) >= 11 is 4.73. The SMILES string of the molecule is CNC(=O)CNC(=O)C(C)(C)C(N)=S. The monoisotopic (exact) mass is 217 g/mol. The minimum absolute atomic E-state index is 0.0681. The highest BCUT2D eigenvalue weighted by atomic mass is 32.1. The Kier molecular flexibility index (Phi) is 4.49. The van der Waals surface area contributed by atoms with Gasteiger partial charge in [-0.15, -0.1) is 0 Å². The number of rotatable bonds is 4. The standard InChI is InChI=1S/C8H15N3O2S/c1-8(2,6(9)14)7(13)11-4-5(12)10-3/h4H2,1-3H3,(H2,9,14)(H,10,12)(H,11,13). The second kappa shape index (κ2) is 4.90. The van der Waals surface area contributed by atoms with Crippen molar-refractivity contribution in [3.05, 3.63) is 0 Å². The van der Waals surface area contributed by atoms with E-state index >= 15 is 0 Å².